The van der Waals surface area contributed by atoms with E-state index in [4.69, 9.17) is 10.8 Å². The van der Waals surface area contributed by atoms with E-state index in [-0.39, 0.29) is 16.8 Å². The molecule has 0 saturated carbocycles. The van der Waals surface area contributed by atoms with Crippen LogP contribution >= 0.6 is 0 Å². The minimum Gasteiger partial charge on any atom is -0.478 e. The number of alkyl halides is 3. The first-order valence-electron chi connectivity index (χ1n) is 7.05. The van der Waals surface area contributed by atoms with Crippen LogP contribution in [0.5, 0.6) is 0 Å². The Labute approximate surface area is 129 Å². The number of aromatic carboxylic acids is 1. The van der Waals surface area contributed by atoms with Gasteiger partial charge in [0, 0.05) is 11.6 Å². The van der Waals surface area contributed by atoms with Crippen molar-refractivity contribution in [2.75, 3.05) is 5.73 Å². The monoisotopic (exact) mass is 325 g/mol. The number of aryl methyl sites for hydroxylation is 1. The lowest BCUT2D eigenvalue weighted by Crippen LogP contribution is -2.20. The number of nitrogens with two attached hydrogens (primary N) is 1. The molecule has 3 rings (SSSR count). The van der Waals surface area contributed by atoms with Crippen LogP contribution in [0, 0.1) is 0 Å². The van der Waals surface area contributed by atoms with E-state index in [1.807, 2.05) is 0 Å². The van der Waals surface area contributed by atoms with Gasteiger partial charge in [0.1, 0.15) is 0 Å². The highest BCUT2D eigenvalue weighted by Crippen LogP contribution is 2.45. The second-order valence-corrected chi connectivity index (χ2v) is 5.54. The van der Waals surface area contributed by atoms with Crippen molar-refractivity contribution in [2.24, 2.45) is 0 Å². The third-order valence-electron chi connectivity index (χ3n) is 4.21. The van der Waals surface area contributed by atoms with Gasteiger partial charge in [-0.3, -0.25) is 5.10 Å². The summed E-state index contributed by atoms with van der Waals surface area (Å²) in [7, 11) is 0. The largest absolute Gasteiger partial charge is 0.478 e. The highest BCUT2D eigenvalue weighted by atomic mass is 19.4. The van der Waals surface area contributed by atoms with Crippen molar-refractivity contribution in [1.29, 1.82) is 0 Å². The summed E-state index contributed by atoms with van der Waals surface area (Å²) < 4.78 is 40.2. The SMILES string of the molecule is Nc1c(C(=O)O)ccc(C(F)(F)F)c1C1CCCc2cn[nH]c21. The van der Waals surface area contributed by atoms with Gasteiger partial charge in [0.05, 0.1) is 23.0 Å². The number of hydrogen-bond acceptors (Lipinski definition) is 3. The molecule has 122 valence electrons. The quantitative estimate of drug-likeness (QED) is 0.740. The molecule has 0 fully saturated rings. The first-order valence-corrected chi connectivity index (χ1v) is 7.05. The van der Waals surface area contributed by atoms with Gasteiger partial charge in [-0.1, -0.05) is 0 Å². The molecule has 0 aliphatic heterocycles. The summed E-state index contributed by atoms with van der Waals surface area (Å²) in [6, 6.07) is 1.69. The highest BCUT2D eigenvalue weighted by molar-refractivity contribution is 5.95. The van der Waals surface area contributed by atoms with Gasteiger partial charge in [0.25, 0.3) is 0 Å². The maximum Gasteiger partial charge on any atom is 0.416 e. The summed E-state index contributed by atoms with van der Waals surface area (Å²) in [5, 5.41) is 15.8. The van der Waals surface area contributed by atoms with Crippen LogP contribution < -0.4 is 5.73 Å². The summed E-state index contributed by atoms with van der Waals surface area (Å²) in [5.41, 5.74) is 5.52. The molecule has 23 heavy (non-hydrogen) atoms. The minimum atomic E-state index is -4.61. The van der Waals surface area contributed by atoms with Gasteiger partial charge < -0.3 is 10.8 Å². The maximum absolute atomic E-state index is 13.4. The Balaban J connectivity index is 2.25. The summed E-state index contributed by atoms with van der Waals surface area (Å²) in [4.78, 5) is 11.2. The van der Waals surface area contributed by atoms with E-state index in [9.17, 15) is 18.0 Å². The van der Waals surface area contributed by atoms with Gasteiger partial charge in [-0.05, 0) is 42.5 Å². The molecule has 0 radical (unpaired) electrons. The Kier molecular flexibility index (Phi) is 3.54. The summed E-state index contributed by atoms with van der Waals surface area (Å²) in [5.74, 6) is -1.99. The molecular formula is C15H14F3N3O2. The Morgan fingerprint density at radius 1 is 1.39 bits per heavy atom. The Hall–Kier alpha value is -2.51. The van der Waals surface area contributed by atoms with E-state index in [1.165, 1.54) is 0 Å². The number of fused-ring (bicyclic) bond motifs is 1. The predicted octanol–water partition coefficient (Wildman–Crippen LogP) is 3.18. The molecule has 0 amide bonds. The number of halogens is 3. The molecule has 1 aliphatic rings. The second-order valence-electron chi connectivity index (χ2n) is 5.54. The van der Waals surface area contributed by atoms with Gasteiger partial charge in [-0.15, -0.1) is 0 Å². The van der Waals surface area contributed by atoms with Crippen LogP contribution in [0.4, 0.5) is 18.9 Å². The van der Waals surface area contributed by atoms with E-state index in [0.29, 0.717) is 18.5 Å². The average Bonchev–Trinajstić information content (AvgIpc) is 2.94. The third kappa shape index (κ3) is 2.54. The van der Waals surface area contributed by atoms with Gasteiger partial charge in [0.15, 0.2) is 0 Å². The standard InChI is InChI=1S/C15H14F3N3O2/c16-15(17,18)10-5-4-9(14(22)23)12(19)11(10)8-3-1-2-7-6-20-21-13(7)8/h4-6,8H,1-3,19H2,(H,20,21)(H,22,23). The lowest BCUT2D eigenvalue weighted by Gasteiger charge is -2.27. The topological polar surface area (TPSA) is 92.0 Å². The molecule has 1 atom stereocenters. The number of nitrogens with zero attached hydrogens (tertiary/aromatic N) is 1. The normalized spacial score (nSPS) is 17.8. The predicted molar refractivity (Wildman–Crippen MR) is 76.2 cm³/mol. The Morgan fingerprint density at radius 2 is 2.13 bits per heavy atom. The van der Waals surface area contributed by atoms with Crippen LogP contribution in [0.15, 0.2) is 18.3 Å². The zero-order valence-corrected chi connectivity index (χ0v) is 11.9. The van der Waals surface area contributed by atoms with Crippen LogP contribution in [0.25, 0.3) is 0 Å². The van der Waals surface area contributed by atoms with Crippen molar-refractivity contribution in [3.8, 4) is 0 Å². The van der Waals surface area contributed by atoms with Crippen molar-refractivity contribution in [3.63, 3.8) is 0 Å². The molecule has 0 bridgehead atoms. The molecule has 1 aliphatic carbocycles. The number of anilines is 1. The van der Waals surface area contributed by atoms with Gasteiger partial charge in [-0.25, -0.2) is 4.79 Å². The number of nitrogens with one attached hydrogen (secondary N) is 1. The number of carbonyl (C=O) groups is 1. The smallest absolute Gasteiger partial charge is 0.416 e. The Morgan fingerprint density at radius 3 is 2.78 bits per heavy atom. The molecular weight excluding hydrogens is 311 g/mol. The maximum atomic E-state index is 13.4. The average molecular weight is 325 g/mol. The van der Waals surface area contributed by atoms with Crippen molar-refractivity contribution in [2.45, 2.75) is 31.4 Å². The van der Waals surface area contributed by atoms with E-state index in [0.717, 1.165) is 24.1 Å². The summed E-state index contributed by atoms with van der Waals surface area (Å²) in [6.07, 6.45) is -1.16. The zero-order valence-electron chi connectivity index (χ0n) is 11.9. The molecule has 5 nitrogen and oxygen atoms in total. The molecule has 0 spiro atoms. The number of rotatable bonds is 2. The van der Waals surface area contributed by atoms with Crippen LogP contribution in [-0.4, -0.2) is 21.3 Å². The number of benzene rings is 1. The van der Waals surface area contributed by atoms with Gasteiger partial charge >= 0.3 is 12.1 Å². The van der Waals surface area contributed by atoms with E-state index >= 15 is 0 Å². The molecule has 2 aromatic rings. The molecule has 0 saturated heterocycles. The summed E-state index contributed by atoms with van der Waals surface area (Å²) >= 11 is 0. The molecule has 4 N–H and O–H groups in total. The third-order valence-corrected chi connectivity index (χ3v) is 4.21. The summed E-state index contributed by atoms with van der Waals surface area (Å²) in [6.45, 7) is 0. The van der Waals surface area contributed by atoms with E-state index < -0.39 is 23.6 Å². The van der Waals surface area contributed by atoms with Crippen LogP contribution in [0.3, 0.4) is 0 Å². The first kappa shape index (κ1) is 15.4. The van der Waals surface area contributed by atoms with E-state index in [1.54, 1.807) is 6.20 Å². The minimum absolute atomic E-state index is 0.178. The van der Waals surface area contributed by atoms with Crippen molar-refractivity contribution < 1.29 is 23.1 Å². The molecule has 8 heteroatoms. The number of hydrogen-bond donors (Lipinski definition) is 3. The fourth-order valence-electron chi connectivity index (χ4n) is 3.20. The number of H-pyrrole nitrogens is 1. The number of carboxylic acids is 1. The molecule has 1 aromatic carbocycles. The van der Waals surface area contributed by atoms with Crippen molar-refractivity contribution >= 4 is 11.7 Å². The Bertz CT molecular complexity index is 768. The molecule has 1 heterocycles. The number of nitrogen functional groups attached to an aromatic ring is 1. The number of aromatic amines is 1. The van der Waals surface area contributed by atoms with E-state index in [2.05, 4.69) is 10.2 Å². The van der Waals surface area contributed by atoms with Gasteiger partial charge in [0.2, 0.25) is 0 Å². The van der Waals surface area contributed by atoms with Gasteiger partial charge in [-0.2, -0.15) is 18.3 Å². The highest BCUT2D eigenvalue weighted by Gasteiger charge is 2.39. The molecule has 1 aromatic heterocycles. The van der Waals surface area contributed by atoms with Crippen LogP contribution in [0.1, 0.15) is 51.5 Å². The lowest BCUT2D eigenvalue weighted by atomic mass is 9.79. The van der Waals surface area contributed by atoms with Crippen LogP contribution in [-0.2, 0) is 12.6 Å². The van der Waals surface area contributed by atoms with Crippen molar-refractivity contribution in [3.05, 3.63) is 46.3 Å². The second kappa shape index (κ2) is 5.29. The lowest BCUT2D eigenvalue weighted by molar-refractivity contribution is -0.138. The first-order chi connectivity index (χ1) is 10.8. The fourth-order valence-corrected chi connectivity index (χ4v) is 3.20. The zero-order chi connectivity index (χ0) is 16.8. The number of carboxylic acid groups (broad SMARTS) is 1. The fraction of sp³-hybridized carbons (Fsp3) is 0.333. The molecule has 1 unspecified atom stereocenters. The van der Waals surface area contributed by atoms with Crippen molar-refractivity contribution in [1.82, 2.24) is 10.2 Å². The van der Waals surface area contributed by atoms with Crippen LogP contribution in [0.2, 0.25) is 0 Å². The number of aromatic nitrogens is 2.